The lowest BCUT2D eigenvalue weighted by molar-refractivity contribution is 0.664. The van der Waals surface area contributed by atoms with Crippen molar-refractivity contribution in [3.63, 3.8) is 0 Å². The van der Waals surface area contributed by atoms with Crippen molar-refractivity contribution in [1.82, 2.24) is 19.9 Å². The number of fused-ring (bicyclic) bond motifs is 1. The van der Waals surface area contributed by atoms with Gasteiger partial charge in [-0.1, -0.05) is 0 Å². The van der Waals surface area contributed by atoms with Crippen molar-refractivity contribution < 1.29 is 0 Å². The summed E-state index contributed by atoms with van der Waals surface area (Å²) in [4.78, 5) is 17.3. The smallest absolute Gasteiger partial charge is 0.182 e. The molecular weight excluding hydrogens is 228 g/mol. The second-order valence-corrected chi connectivity index (χ2v) is 4.26. The SMILES string of the molecule is NNc1nc(-c2cnccn2)nc2c1CCCC2. The van der Waals surface area contributed by atoms with Gasteiger partial charge in [0.1, 0.15) is 11.5 Å². The summed E-state index contributed by atoms with van der Waals surface area (Å²) < 4.78 is 0. The molecule has 6 heteroatoms. The molecule has 0 atom stereocenters. The molecule has 3 N–H and O–H groups in total. The Bertz CT molecular complexity index is 537. The van der Waals surface area contributed by atoms with Crippen molar-refractivity contribution in [1.29, 1.82) is 0 Å². The lowest BCUT2D eigenvalue weighted by Crippen LogP contribution is -2.17. The van der Waals surface area contributed by atoms with Crippen LogP contribution < -0.4 is 11.3 Å². The molecule has 0 radical (unpaired) electrons. The van der Waals surface area contributed by atoms with E-state index in [4.69, 9.17) is 5.84 Å². The van der Waals surface area contributed by atoms with Crippen molar-refractivity contribution in [3.05, 3.63) is 29.8 Å². The molecule has 0 aliphatic heterocycles. The fourth-order valence-corrected chi connectivity index (χ4v) is 2.24. The van der Waals surface area contributed by atoms with Crippen LogP contribution in [0, 0.1) is 0 Å². The predicted molar refractivity (Wildman–Crippen MR) is 67.5 cm³/mol. The number of nitrogen functional groups attached to an aromatic ring is 1. The lowest BCUT2D eigenvalue weighted by atomic mass is 9.96. The van der Waals surface area contributed by atoms with Gasteiger partial charge in [0, 0.05) is 23.7 Å². The maximum absolute atomic E-state index is 5.54. The Hall–Kier alpha value is -2.08. The third kappa shape index (κ3) is 1.91. The molecule has 2 aromatic rings. The van der Waals surface area contributed by atoms with E-state index in [9.17, 15) is 0 Å². The van der Waals surface area contributed by atoms with Crippen LogP contribution in [-0.2, 0) is 12.8 Å². The monoisotopic (exact) mass is 242 g/mol. The topological polar surface area (TPSA) is 89.6 Å². The maximum atomic E-state index is 5.54. The second kappa shape index (κ2) is 4.66. The molecule has 0 fully saturated rings. The van der Waals surface area contributed by atoms with Crippen LogP contribution in [-0.4, -0.2) is 19.9 Å². The predicted octanol–water partition coefficient (Wildman–Crippen LogP) is 1.10. The molecule has 0 amide bonds. The number of rotatable bonds is 2. The fraction of sp³-hybridized carbons (Fsp3) is 0.333. The number of hydrogen-bond acceptors (Lipinski definition) is 6. The molecule has 6 nitrogen and oxygen atoms in total. The molecule has 0 aromatic carbocycles. The first-order chi connectivity index (χ1) is 8.88. The molecular formula is C12H14N6. The first-order valence-electron chi connectivity index (χ1n) is 6.01. The number of nitrogens with two attached hydrogens (primary N) is 1. The number of aryl methyl sites for hydroxylation is 1. The number of hydrazine groups is 1. The Morgan fingerprint density at radius 1 is 1.11 bits per heavy atom. The highest BCUT2D eigenvalue weighted by Gasteiger charge is 2.18. The molecule has 2 aromatic heterocycles. The summed E-state index contributed by atoms with van der Waals surface area (Å²) in [6.45, 7) is 0. The Morgan fingerprint density at radius 3 is 2.78 bits per heavy atom. The molecule has 0 unspecified atom stereocenters. The summed E-state index contributed by atoms with van der Waals surface area (Å²) in [5, 5.41) is 0. The van der Waals surface area contributed by atoms with Crippen molar-refractivity contribution in [3.8, 4) is 11.5 Å². The van der Waals surface area contributed by atoms with Crippen LogP contribution >= 0.6 is 0 Å². The molecule has 0 saturated heterocycles. The van der Waals surface area contributed by atoms with Gasteiger partial charge in [-0.2, -0.15) is 0 Å². The van der Waals surface area contributed by atoms with E-state index in [2.05, 4.69) is 25.4 Å². The summed E-state index contributed by atoms with van der Waals surface area (Å²) in [6.07, 6.45) is 9.20. The van der Waals surface area contributed by atoms with Crippen LogP contribution in [0.4, 0.5) is 5.82 Å². The fourth-order valence-electron chi connectivity index (χ4n) is 2.24. The van der Waals surface area contributed by atoms with Gasteiger partial charge >= 0.3 is 0 Å². The standard InChI is InChI=1S/C12H14N6/c13-18-11-8-3-1-2-4-9(8)16-12(17-11)10-7-14-5-6-15-10/h5-7H,1-4,13H2,(H,16,17,18). The van der Waals surface area contributed by atoms with E-state index in [1.165, 1.54) is 0 Å². The number of anilines is 1. The van der Waals surface area contributed by atoms with Crippen LogP contribution in [0.2, 0.25) is 0 Å². The first kappa shape index (κ1) is 11.0. The Morgan fingerprint density at radius 2 is 2.00 bits per heavy atom. The maximum Gasteiger partial charge on any atom is 0.182 e. The van der Waals surface area contributed by atoms with Crippen molar-refractivity contribution in [2.75, 3.05) is 5.43 Å². The number of hydrogen-bond donors (Lipinski definition) is 2. The summed E-state index contributed by atoms with van der Waals surface area (Å²) in [5.74, 6) is 6.83. The van der Waals surface area contributed by atoms with Gasteiger partial charge in [0.25, 0.3) is 0 Å². The van der Waals surface area contributed by atoms with Gasteiger partial charge in [0.15, 0.2) is 5.82 Å². The minimum Gasteiger partial charge on any atom is -0.308 e. The summed E-state index contributed by atoms with van der Waals surface area (Å²) >= 11 is 0. The van der Waals surface area contributed by atoms with E-state index < -0.39 is 0 Å². The minimum atomic E-state index is 0.580. The number of nitrogens with zero attached hydrogens (tertiary/aromatic N) is 4. The van der Waals surface area contributed by atoms with Crippen LogP contribution in [0.1, 0.15) is 24.1 Å². The first-order valence-corrected chi connectivity index (χ1v) is 6.01. The van der Waals surface area contributed by atoms with Crippen LogP contribution in [0.25, 0.3) is 11.5 Å². The van der Waals surface area contributed by atoms with E-state index >= 15 is 0 Å². The molecule has 18 heavy (non-hydrogen) atoms. The largest absolute Gasteiger partial charge is 0.308 e. The average Bonchev–Trinajstić information content (AvgIpc) is 2.47. The van der Waals surface area contributed by atoms with Crippen LogP contribution in [0.3, 0.4) is 0 Å². The molecule has 0 saturated carbocycles. The highest BCUT2D eigenvalue weighted by Crippen LogP contribution is 2.26. The zero-order valence-electron chi connectivity index (χ0n) is 9.93. The highest BCUT2D eigenvalue weighted by atomic mass is 15.3. The van der Waals surface area contributed by atoms with Gasteiger partial charge in [-0.15, -0.1) is 0 Å². The quantitative estimate of drug-likeness (QED) is 0.605. The van der Waals surface area contributed by atoms with Crippen molar-refractivity contribution >= 4 is 5.82 Å². The molecule has 1 aliphatic carbocycles. The van der Waals surface area contributed by atoms with Gasteiger partial charge in [-0.25, -0.2) is 20.8 Å². The third-order valence-corrected chi connectivity index (χ3v) is 3.11. The van der Waals surface area contributed by atoms with E-state index in [0.717, 1.165) is 36.9 Å². The van der Waals surface area contributed by atoms with E-state index in [1.54, 1.807) is 18.6 Å². The summed E-state index contributed by atoms with van der Waals surface area (Å²) in [6, 6.07) is 0. The molecule has 3 rings (SSSR count). The van der Waals surface area contributed by atoms with Gasteiger partial charge in [0.05, 0.1) is 6.20 Å². The lowest BCUT2D eigenvalue weighted by Gasteiger charge is -2.18. The molecule has 92 valence electrons. The summed E-state index contributed by atoms with van der Waals surface area (Å²) in [7, 11) is 0. The normalized spacial score (nSPS) is 14.1. The van der Waals surface area contributed by atoms with Crippen molar-refractivity contribution in [2.45, 2.75) is 25.7 Å². The second-order valence-electron chi connectivity index (χ2n) is 4.26. The van der Waals surface area contributed by atoms with Gasteiger partial charge in [0.2, 0.25) is 0 Å². The van der Waals surface area contributed by atoms with E-state index in [0.29, 0.717) is 17.3 Å². The van der Waals surface area contributed by atoms with Gasteiger partial charge < -0.3 is 5.43 Å². The zero-order chi connectivity index (χ0) is 12.4. The van der Waals surface area contributed by atoms with Crippen LogP contribution in [0.15, 0.2) is 18.6 Å². The summed E-state index contributed by atoms with van der Waals surface area (Å²) in [5.41, 5.74) is 5.54. The molecule has 0 spiro atoms. The van der Waals surface area contributed by atoms with Crippen LogP contribution in [0.5, 0.6) is 0 Å². The average molecular weight is 242 g/mol. The van der Waals surface area contributed by atoms with Gasteiger partial charge in [-0.05, 0) is 25.7 Å². The Kier molecular flexibility index (Phi) is 2.85. The molecule has 2 heterocycles. The third-order valence-electron chi connectivity index (χ3n) is 3.11. The number of nitrogens with one attached hydrogen (secondary N) is 1. The Balaban J connectivity index is 2.12. The van der Waals surface area contributed by atoms with E-state index in [1.807, 2.05) is 0 Å². The number of aromatic nitrogens is 4. The minimum absolute atomic E-state index is 0.580. The zero-order valence-corrected chi connectivity index (χ0v) is 9.93. The Labute approximate surface area is 105 Å². The molecule has 0 bridgehead atoms. The molecule has 1 aliphatic rings. The van der Waals surface area contributed by atoms with Gasteiger partial charge in [-0.3, -0.25) is 4.98 Å². The van der Waals surface area contributed by atoms with E-state index in [-0.39, 0.29) is 0 Å². The van der Waals surface area contributed by atoms with Crippen molar-refractivity contribution in [2.24, 2.45) is 5.84 Å². The highest BCUT2D eigenvalue weighted by molar-refractivity contribution is 5.56.